The molecule has 2 amide bonds. The number of hydrogen-bond donors (Lipinski definition) is 0. The maximum absolute atomic E-state index is 13.2. The molecule has 162 valence electrons. The second kappa shape index (κ2) is 8.76. The van der Waals surface area contributed by atoms with E-state index in [9.17, 15) is 9.59 Å². The Balaban J connectivity index is 1.62. The molecule has 0 aliphatic carbocycles. The number of rotatable bonds is 4. The highest BCUT2D eigenvalue weighted by Gasteiger charge is 2.30. The van der Waals surface area contributed by atoms with E-state index >= 15 is 0 Å². The quantitative estimate of drug-likeness (QED) is 0.774. The van der Waals surface area contributed by atoms with E-state index in [4.69, 9.17) is 4.74 Å². The molecule has 0 bridgehead atoms. The van der Waals surface area contributed by atoms with Gasteiger partial charge in [-0.1, -0.05) is 6.92 Å². The van der Waals surface area contributed by atoms with Gasteiger partial charge >= 0.3 is 0 Å². The van der Waals surface area contributed by atoms with Crippen LogP contribution in [0, 0.1) is 0 Å². The molecule has 0 saturated carbocycles. The SMILES string of the molecule is CCC(=O)N1CCC[C@H](c2cc3cccnc3n2CC(=O)N2C[C@@H](C)O[C@@H](C)C2)C1. The number of fused-ring (bicyclic) bond motifs is 1. The van der Waals surface area contributed by atoms with Gasteiger partial charge in [-0.25, -0.2) is 4.98 Å². The summed E-state index contributed by atoms with van der Waals surface area (Å²) in [6.45, 7) is 8.97. The van der Waals surface area contributed by atoms with Crippen molar-refractivity contribution in [2.45, 2.75) is 64.7 Å². The molecule has 0 unspecified atom stereocenters. The molecule has 0 radical (unpaired) electrons. The lowest BCUT2D eigenvalue weighted by molar-refractivity contribution is -0.143. The van der Waals surface area contributed by atoms with E-state index in [0.29, 0.717) is 26.1 Å². The summed E-state index contributed by atoms with van der Waals surface area (Å²) in [6, 6.07) is 6.13. The minimum atomic E-state index is 0.0451. The van der Waals surface area contributed by atoms with Crippen LogP contribution in [0.4, 0.5) is 0 Å². The lowest BCUT2D eigenvalue weighted by atomic mass is 9.94. The fraction of sp³-hybridized carbons (Fsp3) is 0.609. The maximum Gasteiger partial charge on any atom is 0.242 e. The molecule has 2 fully saturated rings. The molecule has 3 atom stereocenters. The zero-order valence-corrected chi connectivity index (χ0v) is 18.2. The Kier molecular flexibility index (Phi) is 6.09. The van der Waals surface area contributed by atoms with Crippen LogP contribution in [0.2, 0.25) is 0 Å². The summed E-state index contributed by atoms with van der Waals surface area (Å²) in [4.78, 5) is 34.0. The predicted molar refractivity (Wildman–Crippen MR) is 115 cm³/mol. The van der Waals surface area contributed by atoms with Crippen molar-refractivity contribution in [3.05, 3.63) is 30.1 Å². The van der Waals surface area contributed by atoms with Gasteiger partial charge in [0.15, 0.2) is 0 Å². The van der Waals surface area contributed by atoms with Gasteiger partial charge in [0.2, 0.25) is 11.8 Å². The Morgan fingerprint density at radius 1 is 1.13 bits per heavy atom. The van der Waals surface area contributed by atoms with Crippen LogP contribution in [0.25, 0.3) is 11.0 Å². The molecule has 2 saturated heterocycles. The number of ether oxygens (including phenoxy) is 1. The topological polar surface area (TPSA) is 67.7 Å². The van der Waals surface area contributed by atoms with Gasteiger partial charge in [-0.2, -0.15) is 0 Å². The van der Waals surface area contributed by atoms with Crippen LogP contribution < -0.4 is 0 Å². The number of pyridine rings is 1. The highest BCUT2D eigenvalue weighted by atomic mass is 16.5. The third-order valence-electron chi connectivity index (χ3n) is 6.25. The van der Waals surface area contributed by atoms with E-state index in [1.807, 2.05) is 42.7 Å². The molecule has 7 nitrogen and oxygen atoms in total. The molecule has 2 aliphatic heterocycles. The van der Waals surface area contributed by atoms with E-state index in [0.717, 1.165) is 36.1 Å². The van der Waals surface area contributed by atoms with Gasteiger partial charge in [-0.15, -0.1) is 0 Å². The second-order valence-corrected chi connectivity index (χ2v) is 8.66. The van der Waals surface area contributed by atoms with E-state index in [-0.39, 0.29) is 36.5 Å². The lowest BCUT2D eigenvalue weighted by Gasteiger charge is -2.36. The number of amides is 2. The first-order chi connectivity index (χ1) is 14.5. The summed E-state index contributed by atoms with van der Waals surface area (Å²) in [6.07, 6.45) is 4.40. The average molecular weight is 413 g/mol. The molecule has 2 aliphatic rings. The first-order valence-electron chi connectivity index (χ1n) is 11.1. The fourth-order valence-corrected chi connectivity index (χ4v) is 4.90. The average Bonchev–Trinajstić information content (AvgIpc) is 3.11. The number of likely N-dealkylation sites (tertiary alicyclic amines) is 1. The summed E-state index contributed by atoms with van der Waals surface area (Å²) in [7, 11) is 0. The molecule has 2 aromatic heterocycles. The minimum Gasteiger partial charge on any atom is -0.372 e. The number of carbonyl (C=O) groups excluding carboxylic acids is 2. The first-order valence-corrected chi connectivity index (χ1v) is 11.1. The Morgan fingerprint density at radius 2 is 1.90 bits per heavy atom. The highest BCUT2D eigenvalue weighted by molar-refractivity contribution is 5.82. The molecule has 4 heterocycles. The van der Waals surface area contributed by atoms with Crippen molar-refractivity contribution in [3.8, 4) is 0 Å². The Bertz CT molecular complexity index is 914. The van der Waals surface area contributed by atoms with Crippen LogP contribution in [0.15, 0.2) is 24.4 Å². The van der Waals surface area contributed by atoms with Crippen LogP contribution in [0.5, 0.6) is 0 Å². The summed E-state index contributed by atoms with van der Waals surface area (Å²) in [5, 5.41) is 1.04. The molecule has 0 spiro atoms. The van der Waals surface area contributed by atoms with Gasteiger partial charge < -0.3 is 19.1 Å². The van der Waals surface area contributed by atoms with Gasteiger partial charge in [-0.05, 0) is 44.9 Å². The number of piperidine rings is 1. The van der Waals surface area contributed by atoms with Crippen LogP contribution in [0.1, 0.15) is 51.6 Å². The normalized spacial score (nSPS) is 25.0. The third kappa shape index (κ3) is 4.21. The van der Waals surface area contributed by atoms with Crippen molar-refractivity contribution in [1.82, 2.24) is 19.4 Å². The summed E-state index contributed by atoms with van der Waals surface area (Å²) >= 11 is 0. The summed E-state index contributed by atoms with van der Waals surface area (Å²) < 4.78 is 7.86. The fourth-order valence-electron chi connectivity index (χ4n) is 4.90. The third-order valence-corrected chi connectivity index (χ3v) is 6.25. The molecule has 4 rings (SSSR count). The van der Waals surface area contributed by atoms with E-state index in [1.165, 1.54) is 0 Å². The Labute approximate surface area is 178 Å². The smallest absolute Gasteiger partial charge is 0.242 e. The van der Waals surface area contributed by atoms with Crippen molar-refractivity contribution < 1.29 is 14.3 Å². The van der Waals surface area contributed by atoms with Gasteiger partial charge in [0.05, 0.1) is 12.2 Å². The van der Waals surface area contributed by atoms with Gasteiger partial charge in [0, 0.05) is 55.8 Å². The molecule has 0 aromatic carbocycles. The van der Waals surface area contributed by atoms with Crippen molar-refractivity contribution in [1.29, 1.82) is 0 Å². The predicted octanol–water partition coefficient (Wildman–Crippen LogP) is 2.79. The molecular weight excluding hydrogens is 380 g/mol. The minimum absolute atomic E-state index is 0.0451. The van der Waals surface area contributed by atoms with Crippen LogP contribution in [-0.2, 0) is 20.9 Å². The largest absolute Gasteiger partial charge is 0.372 e. The zero-order valence-electron chi connectivity index (χ0n) is 18.2. The summed E-state index contributed by atoms with van der Waals surface area (Å²) in [5.41, 5.74) is 1.95. The van der Waals surface area contributed by atoms with Gasteiger partial charge in [0.25, 0.3) is 0 Å². The monoisotopic (exact) mass is 412 g/mol. The zero-order chi connectivity index (χ0) is 21.3. The van der Waals surface area contributed by atoms with Crippen LogP contribution in [-0.4, -0.2) is 69.6 Å². The Morgan fingerprint density at radius 3 is 2.63 bits per heavy atom. The Hall–Kier alpha value is -2.41. The first kappa shape index (κ1) is 20.8. The van der Waals surface area contributed by atoms with Gasteiger partial charge in [0.1, 0.15) is 12.2 Å². The summed E-state index contributed by atoms with van der Waals surface area (Å²) in [5.74, 6) is 0.519. The number of aromatic nitrogens is 2. The van der Waals surface area contributed by atoms with Crippen LogP contribution in [0.3, 0.4) is 0 Å². The molecule has 0 N–H and O–H groups in total. The van der Waals surface area contributed by atoms with Gasteiger partial charge in [-0.3, -0.25) is 9.59 Å². The van der Waals surface area contributed by atoms with E-state index in [2.05, 4.69) is 15.6 Å². The number of carbonyl (C=O) groups is 2. The van der Waals surface area contributed by atoms with E-state index in [1.54, 1.807) is 6.20 Å². The molecule has 7 heteroatoms. The van der Waals surface area contributed by atoms with Crippen LogP contribution >= 0.6 is 0 Å². The van der Waals surface area contributed by atoms with Crippen molar-refractivity contribution in [3.63, 3.8) is 0 Å². The van der Waals surface area contributed by atoms with E-state index < -0.39 is 0 Å². The lowest BCUT2D eigenvalue weighted by Crippen LogP contribution is -2.49. The second-order valence-electron chi connectivity index (χ2n) is 8.66. The van der Waals surface area contributed by atoms with Crippen molar-refractivity contribution >= 4 is 22.8 Å². The van der Waals surface area contributed by atoms with Crippen molar-refractivity contribution in [2.24, 2.45) is 0 Å². The highest BCUT2D eigenvalue weighted by Crippen LogP contribution is 2.31. The maximum atomic E-state index is 13.2. The standard InChI is InChI=1S/C23H32N4O3/c1-4-21(28)25-10-6-8-19(14-25)20-11-18-7-5-9-24-23(18)27(20)15-22(29)26-12-16(2)30-17(3)13-26/h5,7,9,11,16-17,19H,4,6,8,10,12-15H2,1-3H3/t16-,17+,19-/m0/s1. The molecular formula is C23H32N4O3. The molecule has 2 aromatic rings. The number of morpholine rings is 1. The number of nitrogens with zero attached hydrogens (tertiary/aromatic N) is 4. The van der Waals surface area contributed by atoms with Crippen molar-refractivity contribution in [2.75, 3.05) is 26.2 Å². The molecule has 30 heavy (non-hydrogen) atoms. The number of hydrogen-bond acceptors (Lipinski definition) is 4.